The second-order valence-electron chi connectivity index (χ2n) is 16.0. The molecule has 61 heavy (non-hydrogen) atoms. The number of thiol groups is 1. The lowest BCUT2D eigenvalue weighted by molar-refractivity contribution is -0.131. The second kappa shape index (κ2) is 21.1. The Morgan fingerprint density at radius 2 is 1.75 bits per heavy atom. The van der Waals surface area contributed by atoms with Crippen molar-refractivity contribution in [2.24, 2.45) is 34.9 Å². The van der Waals surface area contributed by atoms with Crippen molar-refractivity contribution in [2.75, 3.05) is 59.5 Å². The SMILES string of the molecule is CO[C@H]1/C=C/[C@H](OC(=O)N(C)C)[C@H](C)C(C(=O)N(C)CCOc2nn(C)cc2C(N)=O)/[SH](=O)=N\C(=O)c2ccc3c(c2)N(Cc2ccc(Cl)cc2CCCCO3)C[C@H](C)[C@H]1C. The third-order valence-electron chi connectivity index (χ3n) is 11.3. The number of hydrogen-bond donors (Lipinski definition) is 2. The van der Waals surface area contributed by atoms with E-state index >= 15 is 0 Å². The summed E-state index contributed by atoms with van der Waals surface area (Å²) in [6, 6.07) is 10.9. The van der Waals surface area contributed by atoms with E-state index in [1.165, 1.54) is 41.8 Å². The molecule has 18 heteroatoms. The van der Waals surface area contributed by atoms with Crippen LogP contribution in [0.3, 0.4) is 0 Å². The average Bonchev–Trinajstić information content (AvgIpc) is 3.59. The maximum absolute atomic E-state index is 14.5. The van der Waals surface area contributed by atoms with E-state index in [-0.39, 0.29) is 42.0 Å². The van der Waals surface area contributed by atoms with Crippen molar-refractivity contribution in [2.45, 2.75) is 64.0 Å². The van der Waals surface area contributed by atoms with E-state index in [0.717, 1.165) is 30.4 Å². The van der Waals surface area contributed by atoms with E-state index in [4.69, 9.17) is 36.3 Å². The van der Waals surface area contributed by atoms with Crippen molar-refractivity contribution in [3.8, 4) is 11.6 Å². The van der Waals surface area contributed by atoms with Gasteiger partial charge in [0.25, 0.3) is 11.8 Å². The topological polar surface area (TPSA) is 188 Å². The standard InChI is InChI=1S/C43H58ClN7O9S/c1-26-23-51-24-31-12-14-32(44)21-29(31)11-9-10-19-58-37-15-13-30(22-34(37)51)40(53)47-61(56)38(28(3)36(60-43(55)48(4)5)17-16-35(57-8)27(26)2)42(54)49(6)18-20-59-41-33(39(45)52)25-50(7)46-41/h12-17,21-22,25-28,35-36,38,61H,9-11,18-20,23-24H2,1-8H3,(H2,45,52)/b17-16+/t26-,27+,28-,35-,36-,38?/m0/s1. The molecule has 0 radical (unpaired) electrons. The lowest BCUT2D eigenvalue weighted by Gasteiger charge is -2.34. The highest BCUT2D eigenvalue weighted by molar-refractivity contribution is 7.76. The van der Waals surface area contributed by atoms with Gasteiger partial charge in [0, 0.05) is 71.1 Å². The summed E-state index contributed by atoms with van der Waals surface area (Å²) >= 11 is 6.48. The number of nitrogens with zero attached hydrogens (tertiary/aromatic N) is 6. The predicted molar refractivity (Wildman–Crippen MR) is 234 cm³/mol. The minimum atomic E-state index is -2.99. The van der Waals surface area contributed by atoms with Crippen molar-refractivity contribution < 1.29 is 42.3 Å². The highest BCUT2D eigenvalue weighted by atomic mass is 35.5. The number of ether oxygens (including phenoxy) is 4. The van der Waals surface area contributed by atoms with Crippen molar-refractivity contribution in [1.82, 2.24) is 19.6 Å². The summed E-state index contributed by atoms with van der Waals surface area (Å²) in [6.45, 7) is 7.14. The number of methoxy groups -OCH3 is 1. The Balaban J connectivity index is 1.61. The summed E-state index contributed by atoms with van der Waals surface area (Å²) < 4.78 is 44.1. The molecule has 3 aromatic rings. The first-order valence-electron chi connectivity index (χ1n) is 20.3. The maximum Gasteiger partial charge on any atom is 0.409 e. The van der Waals surface area contributed by atoms with Crippen LogP contribution in [-0.4, -0.2) is 120 Å². The number of primary amides is 1. The number of amides is 4. The molecular weight excluding hydrogens is 826 g/mol. The van der Waals surface area contributed by atoms with Crippen molar-refractivity contribution in [3.05, 3.63) is 82.0 Å². The van der Waals surface area contributed by atoms with Crippen molar-refractivity contribution in [3.63, 3.8) is 0 Å². The number of halogens is 1. The van der Waals surface area contributed by atoms with Gasteiger partial charge in [0.15, 0.2) is 0 Å². The third-order valence-corrected chi connectivity index (χ3v) is 13.0. The molecule has 0 fully saturated rings. The summed E-state index contributed by atoms with van der Waals surface area (Å²) in [6.07, 6.45) is 5.12. The molecule has 2 aromatic carbocycles. The Kier molecular flexibility index (Phi) is 16.2. The van der Waals surface area contributed by atoms with Gasteiger partial charge in [-0.3, -0.25) is 23.3 Å². The minimum absolute atomic E-state index is 0.00618. The van der Waals surface area contributed by atoms with Gasteiger partial charge in [-0.15, -0.1) is 5.10 Å². The molecule has 3 heterocycles. The van der Waals surface area contributed by atoms with Crippen LogP contribution in [0.25, 0.3) is 0 Å². The molecule has 1 aromatic heterocycles. The van der Waals surface area contributed by atoms with Gasteiger partial charge in [-0.05, 0) is 78.6 Å². The Labute approximate surface area is 364 Å². The zero-order valence-electron chi connectivity index (χ0n) is 36.1. The molecule has 332 valence electrons. The molecule has 2 bridgehead atoms. The maximum atomic E-state index is 14.5. The molecule has 2 N–H and O–H groups in total. The summed E-state index contributed by atoms with van der Waals surface area (Å²) in [7, 11) is 4.76. The van der Waals surface area contributed by atoms with Crippen LogP contribution in [0, 0.1) is 17.8 Å². The smallest absolute Gasteiger partial charge is 0.409 e. The van der Waals surface area contributed by atoms with Crippen LogP contribution >= 0.6 is 11.6 Å². The van der Waals surface area contributed by atoms with Crippen LogP contribution in [0.5, 0.6) is 11.6 Å². The lowest BCUT2D eigenvalue weighted by Crippen LogP contribution is -2.46. The van der Waals surface area contributed by atoms with Gasteiger partial charge in [0.05, 0.1) is 35.5 Å². The summed E-state index contributed by atoms with van der Waals surface area (Å²) in [5, 5.41) is 3.34. The van der Waals surface area contributed by atoms with Gasteiger partial charge in [-0.1, -0.05) is 44.5 Å². The number of anilines is 1. The molecule has 4 amide bonds. The number of aromatic nitrogens is 2. The minimum Gasteiger partial charge on any atom is -0.491 e. The Bertz CT molecular complexity index is 2190. The fraction of sp³-hybridized carbons (Fsp3) is 0.512. The number of fused-ring (bicyclic) bond motifs is 2. The van der Waals surface area contributed by atoms with E-state index in [9.17, 15) is 23.4 Å². The molecular formula is C43H58ClN7O9S. The first-order valence-corrected chi connectivity index (χ1v) is 22.0. The van der Waals surface area contributed by atoms with Gasteiger partial charge >= 0.3 is 6.09 Å². The van der Waals surface area contributed by atoms with Crippen LogP contribution < -0.4 is 20.1 Å². The molecule has 5 rings (SSSR count). The van der Waals surface area contributed by atoms with Crippen LogP contribution in [0.2, 0.25) is 5.02 Å². The summed E-state index contributed by atoms with van der Waals surface area (Å²) in [4.78, 5) is 58.3. The third kappa shape index (κ3) is 11.8. The number of likely N-dealkylation sites (N-methyl/N-ethyl adjacent to an activating group) is 1. The van der Waals surface area contributed by atoms with Crippen LogP contribution in [0.1, 0.15) is 65.5 Å². The zero-order chi connectivity index (χ0) is 44.5. The first kappa shape index (κ1) is 46.9. The molecule has 2 aliphatic heterocycles. The predicted octanol–water partition coefficient (Wildman–Crippen LogP) is 5.16. The van der Waals surface area contributed by atoms with Gasteiger partial charge in [-0.25, -0.2) is 4.79 Å². The van der Waals surface area contributed by atoms with Gasteiger partial charge < -0.3 is 39.4 Å². The number of carbonyl (C=O) groups is 4. The van der Waals surface area contributed by atoms with E-state index in [0.29, 0.717) is 36.2 Å². The number of rotatable bonds is 8. The molecule has 0 saturated heterocycles. The normalized spacial score (nSPS) is 24.4. The van der Waals surface area contributed by atoms with Crippen LogP contribution in [0.15, 0.2) is 59.1 Å². The molecule has 16 nitrogen and oxygen atoms in total. The number of hydrogen-bond acceptors (Lipinski definition) is 11. The molecule has 0 spiro atoms. The average molecular weight is 884 g/mol. The fourth-order valence-electron chi connectivity index (χ4n) is 7.39. The zero-order valence-corrected chi connectivity index (χ0v) is 37.7. The van der Waals surface area contributed by atoms with E-state index in [2.05, 4.69) is 28.2 Å². The van der Waals surface area contributed by atoms with Crippen LogP contribution in [0.4, 0.5) is 10.5 Å². The monoisotopic (exact) mass is 883 g/mol. The van der Waals surface area contributed by atoms with Crippen molar-refractivity contribution >= 4 is 51.7 Å². The van der Waals surface area contributed by atoms with E-state index in [1.54, 1.807) is 51.4 Å². The largest absolute Gasteiger partial charge is 0.491 e. The van der Waals surface area contributed by atoms with Crippen molar-refractivity contribution in [1.29, 1.82) is 0 Å². The molecule has 2 aliphatic rings. The summed E-state index contributed by atoms with van der Waals surface area (Å²) in [5.74, 6) is -2.65. The quantitative estimate of drug-likeness (QED) is 0.225. The van der Waals surface area contributed by atoms with Crippen LogP contribution in [-0.2, 0) is 44.9 Å². The molecule has 0 saturated carbocycles. The van der Waals surface area contributed by atoms with E-state index in [1.807, 2.05) is 18.2 Å². The fourth-order valence-corrected chi connectivity index (χ4v) is 8.96. The van der Waals surface area contributed by atoms with Gasteiger partial charge in [-0.2, -0.15) is 4.36 Å². The highest BCUT2D eigenvalue weighted by Crippen LogP contribution is 2.35. The van der Waals surface area contributed by atoms with Gasteiger partial charge in [0.2, 0.25) is 11.8 Å². The summed E-state index contributed by atoms with van der Waals surface area (Å²) in [5.41, 5.74) is 8.58. The second-order valence-corrected chi connectivity index (χ2v) is 17.7. The van der Waals surface area contributed by atoms with Gasteiger partial charge in [0.1, 0.15) is 29.3 Å². The number of nitrogens with two attached hydrogens (primary N) is 1. The number of benzene rings is 2. The highest BCUT2D eigenvalue weighted by Gasteiger charge is 2.37. The molecule has 0 aliphatic carbocycles. The molecule has 2 unspecified atom stereocenters. The lowest BCUT2D eigenvalue weighted by atomic mass is 9.88. The Morgan fingerprint density at radius 3 is 2.46 bits per heavy atom. The van der Waals surface area contributed by atoms with E-state index < -0.39 is 57.8 Å². The number of aryl methyl sites for hydroxylation is 2. The Hall–Kier alpha value is -5.13. The Morgan fingerprint density at radius 1 is 1.02 bits per heavy atom. The number of carbonyl (C=O) groups excluding carboxylic acids is 4. The molecule has 7 atom stereocenters. The first-order chi connectivity index (χ1) is 29.0.